The van der Waals surface area contributed by atoms with Crippen molar-refractivity contribution in [3.63, 3.8) is 0 Å². The summed E-state index contributed by atoms with van der Waals surface area (Å²) in [6, 6.07) is 4.58. The zero-order valence-electron chi connectivity index (χ0n) is 33.5. The second-order valence-electron chi connectivity index (χ2n) is 16.2. The molecule has 1 aromatic carbocycles. The summed E-state index contributed by atoms with van der Waals surface area (Å²) in [5.41, 5.74) is 11.1. The number of aliphatic carboxylic acids is 2. The fourth-order valence-corrected chi connectivity index (χ4v) is 6.79. The summed E-state index contributed by atoms with van der Waals surface area (Å²) >= 11 is 0. The standard InChI is InChI=1S/C26H36O3.C20H28O2/c1-8-14-29-23-17-22-21(25(4,5)12-13-26(22,6)7)16-20(23)19(3)11-9-10-18(2)15-24(27)28;1-15(8-6-9-16(2)14-19(21)22)11-12-18-17(3)10-7-13-20(18,4)5/h9-11,15-17H,8,12-14H2,1-7H3,(H,27,28);6,8-9,11-12,14H,7,10,13H2,1-5H3,(H,21,22)/b10-9+,18-15+,19-11-;9-6+,12-11+,15-8-,16-14+. The Bertz CT molecular complexity index is 1660. The summed E-state index contributed by atoms with van der Waals surface area (Å²) in [7, 11) is 0. The highest BCUT2D eigenvalue weighted by Crippen LogP contribution is 2.48. The Labute approximate surface area is 309 Å². The topological polar surface area (TPSA) is 83.8 Å². The van der Waals surface area contributed by atoms with Crippen molar-refractivity contribution in [3.8, 4) is 5.75 Å². The first-order valence-corrected chi connectivity index (χ1v) is 18.4. The number of carboxylic acids is 2. The van der Waals surface area contributed by atoms with E-state index in [1.807, 2.05) is 30.4 Å². The van der Waals surface area contributed by atoms with Crippen LogP contribution in [0.4, 0.5) is 0 Å². The molecule has 0 saturated carbocycles. The summed E-state index contributed by atoms with van der Waals surface area (Å²) in [5, 5.41) is 17.5. The van der Waals surface area contributed by atoms with Crippen molar-refractivity contribution >= 4 is 17.5 Å². The first-order chi connectivity index (χ1) is 23.7. The molecule has 0 aromatic heterocycles. The zero-order chi connectivity index (χ0) is 38.6. The summed E-state index contributed by atoms with van der Waals surface area (Å²) < 4.78 is 6.16. The second-order valence-corrected chi connectivity index (χ2v) is 16.2. The molecule has 0 spiro atoms. The third-order valence-electron chi connectivity index (χ3n) is 10.0. The number of allylic oxidation sites excluding steroid dienone is 14. The normalized spacial score (nSPS) is 19.3. The third kappa shape index (κ3) is 13.5. The van der Waals surface area contributed by atoms with E-state index < -0.39 is 11.9 Å². The lowest BCUT2D eigenvalue weighted by Gasteiger charge is -2.42. The largest absolute Gasteiger partial charge is 0.493 e. The Hall–Kier alpha value is -4.12. The van der Waals surface area contributed by atoms with E-state index in [0.717, 1.165) is 34.5 Å². The maximum absolute atomic E-state index is 10.8. The van der Waals surface area contributed by atoms with E-state index in [1.54, 1.807) is 19.9 Å². The minimum atomic E-state index is -0.928. The van der Waals surface area contributed by atoms with Gasteiger partial charge in [0.15, 0.2) is 0 Å². The fraction of sp³-hybridized carbons (Fsp3) is 0.478. The maximum atomic E-state index is 10.8. The van der Waals surface area contributed by atoms with Gasteiger partial charge in [-0.25, -0.2) is 9.59 Å². The quantitative estimate of drug-likeness (QED) is 0.168. The molecule has 0 heterocycles. The molecule has 51 heavy (non-hydrogen) atoms. The van der Waals surface area contributed by atoms with Gasteiger partial charge in [-0.15, -0.1) is 0 Å². The van der Waals surface area contributed by atoms with Gasteiger partial charge in [-0.2, -0.15) is 0 Å². The minimum absolute atomic E-state index is 0.139. The van der Waals surface area contributed by atoms with Gasteiger partial charge < -0.3 is 14.9 Å². The van der Waals surface area contributed by atoms with Gasteiger partial charge in [0.1, 0.15) is 5.75 Å². The van der Waals surface area contributed by atoms with Crippen LogP contribution in [0.5, 0.6) is 5.75 Å². The molecule has 0 unspecified atom stereocenters. The van der Waals surface area contributed by atoms with E-state index in [0.29, 0.717) is 12.2 Å². The molecule has 0 amide bonds. The Morgan fingerprint density at radius 2 is 1.27 bits per heavy atom. The van der Waals surface area contributed by atoms with Crippen molar-refractivity contribution in [3.05, 3.63) is 117 Å². The lowest BCUT2D eigenvalue weighted by molar-refractivity contribution is -0.132. The Morgan fingerprint density at radius 1 is 0.745 bits per heavy atom. The van der Waals surface area contributed by atoms with Crippen molar-refractivity contribution in [2.45, 2.75) is 132 Å². The molecule has 1 aromatic rings. The number of fused-ring (bicyclic) bond motifs is 1. The molecular formula is C46H64O5. The molecule has 5 heteroatoms. The number of carboxylic acid groups (broad SMARTS) is 2. The molecular weight excluding hydrogens is 633 g/mol. The summed E-state index contributed by atoms with van der Waals surface area (Å²) in [6.07, 6.45) is 25.3. The molecule has 0 atom stereocenters. The van der Waals surface area contributed by atoms with Gasteiger partial charge >= 0.3 is 11.9 Å². The van der Waals surface area contributed by atoms with Crippen LogP contribution in [0.3, 0.4) is 0 Å². The van der Waals surface area contributed by atoms with E-state index in [1.165, 1.54) is 66.5 Å². The van der Waals surface area contributed by atoms with Gasteiger partial charge in [-0.1, -0.05) is 108 Å². The molecule has 0 radical (unpaired) electrons. The number of hydrogen-bond acceptors (Lipinski definition) is 3. The van der Waals surface area contributed by atoms with Crippen LogP contribution >= 0.6 is 0 Å². The Balaban J connectivity index is 0.000000368. The maximum Gasteiger partial charge on any atom is 0.328 e. The fourth-order valence-electron chi connectivity index (χ4n) is 6.79. The summed E-state index contributed by atoms with van der Waals surface area (Å²) in [6.45, 7) is 26.7. The molecule has 278 valence electrons. The van der Waals surface area contributed by atoms with Crippen LogP contribution in [0.2, 0.25) is 0 Å². The second kappa shape index (κ2) is 18.9. The van der Waals surface area contributed by atoms with Gasteiger partial charge in [0, 0.05) is 17.7 Å². The zero-order valence-corrected chi connectivity index (χ0v) is 33.5. The molecule has 0 fully saturated rings. The van der Waals surface area contributed by atoms with Crippen LogP contribution in [0, 0.1) is 5.41 Å². The van der Waals surface area contributed by atoms with Crippen molar-refractivity contribution in [2.75, 3.05) is 6.61 Å². The molecule has 0 saturated heterocycles. The molecule has 2 N–H and O–H groups in total. The number of carbonyl (C=O) groups is 2. The number of hydrogen-bond donors (Lipinski definition) is 2. The lowest BCUT2D eigenvalue weighted by atomic mass is 9.62. The van der Waals surface area contributed by atoms with Gasteiger partial charge in [-0.3, -0.25) is 0 Å². The number of benzene rings is 1. The Morgan fingerprint density at radius 3 is 1.78 bits per heavy atom. The predicted octanol–water partition coefficient (Wildman–Crippen LogP) is 12.4. The van der Waals surface area contributed by atoms with E-state index in [4.69, 9.17) is 14.9 Å². The van der Waals surface area contributed by atoms with Gasteiger partial charge in [0.25, 0.3) is 0 Å². The molecule has 0 aliphatic heterocycles. The van der Waals surface area contributed by atoms with Crippen LogP contribution in [-0.2, 0) is 20.4 Å². The van der Waals surface area contributed by atoms with Crippen LogP contribution < -0.4 is 4.74 Å². The SMILES string of the molecule is CC1=C(/C=C/C(C)=C\C=C\C(C)=C\C(=O)O)C(C)(C)CCC1.CCCOc1cc2c(cc1\C(C)=C/C=C/C(C)=C/C(=O)O)C(C)(C)CCC2(C)C. The summed E-state index contributed by atoms with van der Waals surface area (Å²) in [4.78, 5) is 21.3. The Kier molecular flexibility index (Phi) is 16.0. The van der Waals surface area contributed by atoms with Crippen LogP contribution in [-0.4, -0.2) is 28.8 Å². The molecule has 3 rings (SSSR count). The third-order valence-corrected chi connectivity index (χ3v) is 10.0. The predicted molar refractivity (Wildman–Crippen MR) is 215 cm³/mol. The van der Waals surface area contributed by atoms with Crippen LogP contribution in [0.25, 0.3) is 5.57 Å². The summed E-state index contributed by atoms with van der Waals surface area (Å²) in [5.74, 6) is -0.899. The van der Waals surface area contributed by atoms with E-state index >= 15 is 0 Å². The van der Waals surface area contributed by atoms with E-state index in [9.17, 15) is 9.59 Å². The molecule has 0 bridgehead atoms. The highest BCUT2D eigenvalue weighted by molar-refractivity contribution is 5.81. The smallest absolute Gasteiger partial charge is 0.328 e. The van der Waals surface area contributed by atoms with E-state index in [2.05, 4.69) is 93.5 Å². The first-order valence-electron chi connectivity index (χ1n) is 18.4. The average Bonchev–Trinajstić information content (AvgIpc) is 3.01. The minimum Gasteiger partial charge on any atom is -0.493 e. The van der Waals surface area contributed by atoms with Crippen molar-refractivity contribution in [1.29, 1.82) is 0 Å². The lowest BCUT2D eigenvalue weighted by Crippen LogP contribution is -2.34. The number of rotatable bonds is 12. The first kappa shape index (κ1) is 43.0. The highest BCUT2D eigenvalue weighted by Gasteiger charge is 2.38. The van der Waals surface area contributed by atoms with Crippen molar-refractivity contribution in [1.82, 2.24) is 0 Å². The van der Waals surface area contributed by atoms with Gasteiger partial charge in [-0.05, 0) is 135 Å². The van der Waals surface area contributed by atoms with E-state index in [-0.39, 0.29) is 16.2 Å². The van der Waals surface area contributed by atoms with Crippen LogP contribution in [0.1, 0.15) is 138 Å². The average molecular weight is 697 g/mol. The molecule has 2 aliphatic rings. The number of ether oxygens (including phenoxy) is 1. The molecule has 2 aliphatic carbocycles. The van der Waals surface area contributed by atoms with Crippen molar-refractivity contribution in [2.24, 2.45) is 5.41 Å². The molecule has 5 nitrogen and oxygen atoms in total. The van der Waals surface area contributed by atoms with Crippen molar-refractivity contribution < 1.29 is 24.5 Å². The highest BCUT2D eigenvalue weighted by atomic mass is 16.5. The van der Waals surface area contributed by atoms with Gasteiger partial charge in [0.2, 0.25) is 0 Å². The van der Waals surface area contributed by atoms with Crippen LogP contribution in [0.15, 0.2) is 101 Å². The monoisotopic (exact) mass is 696 g/mol. The van der Waals surface area contributed by atoms with Gasteiger partial charge in [0.05, 0.1) is 6.61 Å².